The molecule has 1 aliphatic heterocycles. The van der Waals surface area contributed by atoms with Crippen LogP contribution in [-0.2, 0) is 10.0 Å². The smallest absolute Gasteiger partial charge is 0.261 e. The summed E-state index contributed by atoms with van der Waals surface area (Å²) in [6.45, 7) is 3.77. The molecule has 2 aliphatic rings. The van der Waals surface area contributed by atoms with E-state index in [9.17, 15) is 12.8 Å². The van der Waals surface area contributed by atoms with Crippen LogP contribution in [0.2, 0.25) is 0 Å². The van der Waals surface area contributed by atoms with Crippen LogP contribution < -0.4 is 10.0 Å². The molecule has 0 bridgehead atoms. The van der Waals surface area contributed by atoms with Crippen LogP contribution in [0.25, 0.3) is 0 Å². The maximum atomic E-state index is 14.6. The number of aryl methyl sites for hydroxylation is 2. The summed E-state index contributed by atoms with van der Waals surface area (Å²) in [5.74, 6) is -0.0637. The zero-order valence-corrected chi connectivity index (χ0v) is 18.8. The Kier molecular flexibility index (Phi) is 5.05. The highest BCUT2D eigenvalue weighted by Gasteiger charge is 2.39. The number of para-hydroxylation sites is 1. The summed E-state index contributed by atoms with van der Waals surface area (Å²) in [6.07, 6.45) is 5.04. The second-order valence-corrected chi connectivity index (χ2v) is 10.3. The highest BCUT2D eigenvalue weighted by Crippen LogP contribution is 2.50. The molecule has 164 valence electrons. The summed E-state index contributed by atoms with van der Waals surface area (Å²) < 4.78 is 43.7. The number of sulfonamides is 1. The van der Waals surface area contributed by atoms with Gasteiger partial charge in [-0.25, -0.2) is 12.8 Å². The zero-order chi connectivity index (χ0) is 22.5. The molecule has 1 heterocycles. The lowest BCUT2D eigenvalue weighted by molar-refractivity contribution is 0.413. The molecule has 0 saturated carbocycles. The van der Waals surface area contributed by atoms with Crippen LogP contribution in [0.3, 0.4) is 0 Å². The van der Waals surface area contributed by atoms with Crippen LogP contribution in [0.15, 0.2) is 77.7 Å². The van der Waals surface area contributed by atoms with Crippen LogP contribution in [0, 0.1) is 25.6 Å². The van der Waals surface area contributed by atoms with Crippen LogP contribution >= 0.6 is 0 Å². The predicted octanol–water partition coefficient (Wildman–Crippen LogP) is 6.07. The van der Waals surface area contributed by atoms with Crippen molar-refractivity contribution in [3.8, 4) is 0 Å². The van der Waals surface area contributed by atoms with Crippen LogP contribution in [0.5, 0.6) is 0 Å². The molecule has 6 heteroatoms. The second-order valence-electron chi connectivity index (χ2n) is 8.62. The van der Waals surface area contributed by atoms with E-state index in [2.05, 4.69) is 22.2 Å². The normalized spacial score (nSPS) is 21.5. The highest BCUT2D eigenvalue weighted by atomic mass is 32.2. The van der Waals surface area contributed by atoms with Gasteiger partial charge in [0.25, 0.3) is 10.0 Å². The van der Waals surface area contributed by atoms with Gasteiger partial charge in [-0.3, -0.25) is 4.72 Å². The first-order valence-corrected chi connectivity index (χ1v) is 12.2. The van der Waals surface area contributed by atoms with Gasteiger partial charge in [0.2, 0.25) is 0 Å². The van der Waals surface area contributed by atoms with Crippen molar-refractivity contribution in [2.75, 3.05) is 10.0 Å². The Morgan fingerprint density at radius 2 is 1.72 bits per heavy atom. The first-order chi connectivity index (χ1) is 15.3. The van der Waals surface area contributed by atoms with Crippen LogP contribution in [0.1, 0.15) is 40.6 Å². The van der Waals surface area contributed by atoms with E-state index in [-0.39, 0.29) is 28.6 Å². The first-order valence-electron chi connectivity index (χ1n) is 10.8. The van der Waals surface area contributed by atoms with Gasteiger partial charge in [0.15, 0.2) is 0 Å². The van der Waals surface area contributed by atoms with Crippen molar-refractivity contribution in [1.29, 1.82) is 0 Å². The Hall–Kier alpha value is -3.12. The zero-order valence-electron chi connectivity index (χ0n) is 18.0. The minimum atomic E-state index is -3.75. The average Bonchev–Trinajstić information content (AvgIpc) is 3.26. The molecule has 3 aromatic carbocycles. The standard InChI is InChI=1S/C26H25FN2O2S/c1-16-7-5-8-17(2)25(16)29-32(30,31)18-13-14-24-22(15-18)19-10-6-11-20(19)26(28-24)21-9-3-4-12-23(21)27/h3-10,12-15,19-20,26,28-29H,11H2,1-2H3. The lowest BCUT2D eigenvalue weighted by Gasteiger charge is -2.37. The number of halogens is 1. The molecule has 5 rings (SSSR count). The quantitative estimate of drug-likeness (QED) is 0.476. The second kappa shape index (κ2) is 7.78. The molecule has 0 saturated heterocycles. The summed E-state index contributed by atoms with van der Waals surface area (Å²) in [4.78, 5) is 0.226. The van der Waals surface area contributed by atoms with Crippen molar-refractivity contribution in [2.24, 2.45) is 5.92 Å². The number of benzene rings is 3. The molecule has 4 nitrogen and oxygen atoms in total. The van der Waals surface area contributed by atoms with E-state index in [0.717, 1.165) is 28.8 Å². The average molecular weight is 449 g/mol. The summed E-state index contributed by atoms with van der Waals surface area (Å²) in [5, 5.41) is 3.48. The molecule has 3 aromatic rings. The van der Waals surface area contributed by atoms with E-state index < -0.39 is 10.0 Å². The van der Waals surface area contributed by atoms with Crippen molar-refractivity contribution in [3.05, 3.63) is 101 Å². The Balaban J connectivity index is 1.52. The third-order valence-corrected chi connectivity index (χ3v) is 7.95. The maximum absolute atomic E-state index is 14.6. The largest absolute Gasteiger partial charge is 0.378 e. The fourth-order valence-corrected chi connectivity index (χ4v) is 6.18. The van der Waals surface area contributed by atoms with Crippen LogP contribution in [-0.4, -0.2) is 8.42 Å². The van der Waals surface area contributed by atoms with Crippen molar-refractivity contribution in [2.45, 2.75) is 37.1 Å². The van der Waals surface area contributed by atoms with E-state index in [1.165, 1.54) is 6.07 Å². The summed E-state index contributed by atoms with van der Waals surface area (Å²) >= 11 is 0. The van der Waals surface area contributed by atoms with Gasteiger partial charge >= 0.3 is 0 Å². The van der Waals surface area contributed by atoms with E-state index in [4.69, 9.17) is 0 Å². The Morgan fingerprint density at radius 1 is 0.969 bits per heavy atom. The third kappa shape index (κ3) is 3.48. The lowest BCUT2D eigenvalue weighted by atomic mass is 9.77. The number of hydrogen-bond acceptors (Lipinski definition) is 3. The van der Waals surface area contributed by atoms with E-state index in [0.29, 0.717) is 11.3 Å². The Bertz CT molecular complexity index is 1310. The topological polar surface area (TPSA) is 58.2 Å². The SMILES string of the molecule is Cc1cccc(C)c1NS(=O)(=O)c1ccc2c(c1)C1C=CCC1C(c1ccccc1F)N2. The van der Waals surface area contributed by atoms with E-state index >= 15 is 0 Å². The monoisotopic (exact) mass is 448 g/mol. The van der Waals surface area contributed by atoms with E-state index in [1.807, 2.05) is 44.2 Å². The van der Waals surface area contributed by atoms with Gasteiger partial charge in [0.05, 0.1) is 16.6 Å². The van der Waals surface area contributed by atoms with E-state index in [1.54, 1.807) is 24.3 Å². The lowest BCUT2D eigenvalue weighted by Crippen LogP contribution is -2.30. The minimum absolute atomic E-state index is 0.0335. The van der Waals surface area contributed by atoms with Gasteiger partial charge in [-0.2, -0.15) is 0 Å². The van der Waals surface area contributed by atoms with Gasteiger partial charge in [0.1, 0.15) is 5.82 Å². The highest BCUT2D eigenvalue weighted by molar-refractivity contribution is 7.92. The van der Waals surface area contributed by atoms with Crippen molar-refractivity contribution in [1.82, 2.24) is 0 Å². The molecule has 3 unspecified atom stereocenters. The van der Waals surface area contributed by atoms with Gasteiger partial charge in [-0.1, -0.05) is 48.6 Å². The van der Waals surface area contributed by atoms with Crippen molar-refractivity contribution >= 4 is 21.4 Å². The number of rotatable bonds is 4. The van der Waals surface area contributed by atoms with Gasteiger partial charge in [-0.05, 0) is 67.1 Å². The molecular formula is C26H25FN2O2S. The first kappa shape index (κ1) is 20.8. The molecule has 0 aromatic heterocycles. The molecule has 0 fully saturated rings. The number of anilines is 2. The molecule has 0 radical (unpaired) electrons. The molecule has 0 amide bonds. The Labute approximate surface area is 188 Å². The molecule has 32 heavy (non-hydrogen) atoms. The maximum Gasteiger partial charge on any atom is 0.261 e. The molecule has 2 N–H and O–H groups in total. The van der Waals surface area contributed by atoms with Crippen LogP contribution in [0.4, 0.5) is 15.8 Å². The number of hydrogen-bond donors (Lipinski definition) is 2. The molecular weight excluding hydrogens is 423 g/mol. The number of fused-ring (bicyclic) bond motifs is 3. The molecule has 1 aliphatic carbocycles. The predicted molar refractivity (Wildman–Crippen MR) is 126 cm³/mol. The summed E-state index contributed by atoms with van der Waals surface area (Å²) in [7, 11) is -3.75. The molecule has 3 atom stereocenters. The van der Waals surface area contributed by atoms with Gasteiger partial charge < -0.3 is 5.32 Å². The van der Waals surface area contributed by atoms with Gasteiger partial charge in [0, 0.05) is 17.2 Å². The number of nitrogens with one attached hydrogen (secondary N) is 2. The number of allylic oxidation sites excluding steroid dienone is 2. The minimum Gasteiger partial charge on any atom is -0.378 e. The van der Waals surface area contributed by atoms with Crippen molar-refractivity contribution in [3.63, 3.8) is 0 Å². The van der Waals surface area contributed by atoms with Crippen molar-refractivity contribution < 1.29 is 12.8 Å². The summed E-state index contributed by atoms with van der Waals surface area (Å²) in [5.41, 5.74) is 4.78. The molecule has 0 spiro atoms. The summed E-state index contributed by atoms with van der Waals surface area (Å²) in [6, 6.07) is 17.5. The Morgan fingerprint density at radius 3 is 2.47 bits per heavy atom. The fraction of sp³-hybridized carbons (Fsp3) is 0.231. The fourth-order valence-electron chi connectivity index (χ4n) is 4.94. The van der Waals surface area contributed by atoms with Gasteiger partial charge in [-0.15, -0.1) is 0 Å². The third-order valence-electron chi connectivity index (χ3n) is 6.60.